The van der Waals surface area contributed by atoms with Crippen molar-refractivity contribution in [3.8, 4) is 5.75 Å². The van der Waals surface area contributed by atoms with E-state index in [0.29, 0.717) is 5.69 Å². The molecule has 2 rings (SSSR count). The van der Waals surface area contributed by atoms with E-state index in [-0.39, 0.29) is 0 Å². The monoisotopic (exact) mass is 252 g/mol. The Balaban J connectivity index is 2.10. The van der Waals surface area contributed by atoms with Crippen molar-refractivity contribution >= 4 is 17.6 Å². The Hall–Kier alpha value is -2.78. The van der Waals surface area contributed by atoms with Gasteiger partial charge in [-0.2, -0.15) is 0 Å². The molecule has 2 aromatic rings. The predicted molar refractivity (Wildman–Crippen MR) is 75.5 cm³/mol. The van der Waals surface area contributed by atoms with Crippen LogP contribution >= 0.6 is 0 Å². The van der Waals surface area contributed by atoms with Gasteiger partial charge in [-0.1, -0.05) is 29.4 Å². The molecule has 0 aliphatic heterocycles. The van der Waals surface area contributed by atoms with Gasteiger partial charge in [0.25, 0.3) is 0 Å². The fourth-order valence-corrected chi connectivity index (χ4v) is 1.50. The van der Waals surface area contributed by atoms with Gasteiger partial charge >= 0.3 is 0 Å². The molecule has 0 N–H and O–H groups in total. The Morgan fingerprint density at radius 1 is 1.00 bits per heavy atom. The van der Waals surface area contributed by atoms with Crippen LogP contribution in [0.3, 0.4) is 0 Å². The van der Waals surface area contributed by atoms with Gasteiger partial charge in [-0.15, -0.1) is 0 Å². The number of hydrogen-bond acceptors (Lipinski definition) is 3. The highest BCUT2D eigenvalue weighted by Crippen LogP contribution is 2.18. The van der Waals surface area contributed by atoms with Crippen molar-refractivity contribution in [1.82, 2.24) is 0 Å². The van der Waals surface area contributed by atoms with Crippen LogP contribution in [-0.2, 0) is 0 Å². The molecule has 0 atom stereocenters. The Bertz CT molecular complexity index is 611. The zero-order chi connectivity index (χ0) is 13.5. The summed E-state index contributed by atoms with van der Waals surface area (Å²) in [4.78, 5) is 7.07. The summed E-state index contributed by atoms with van der Waals surface area (Å²) >= 11 is 0. The number of nitrogens with zero attached hydrogens (tertiary/aromatic N) is 4. The van der Waals surface area contributed by atoms with Crippen molar-refractivity contribution in [3.63, 3.8) is 0 Å². The van der Waals surface area contributed by atoms with Crippen LogP contribution in [0.5, 0.6) is 5.75 Å². The number of rotatable bonds is 4. The molecule has 2 aromatic carbocycles. The van der Waals surface area contributed by atoms with E-state index in [2.05, 4.69) is 15.0 Å². The lowest BCUT2D eigenvalue weighted by atomic mass is 10.2. The van der Waals surface area contributed by atoms with Crippen LogP contribution in [0.4, 0.5) is 11.4 Å². The number of aliphatic imine (C=N–C) groups is 1. The largest absolute Gasteiger partial charge is 0.497 e. The van der Waals surface area contributed by atoms with Crippen molar-refractivity contribution in [2.45, 2.75) is 0 Å². The van der Waals surface area contributed by atoms with Crippen LogP contribution in [0.1, 0.15) is 5.56 Å². The molecule has 94 valence electrons. The molecule has 0 saturated carbocycles. The van der Waals surface area contributed by atoms with Gasteiger partial charge in [0.1, 0.15) is 5.75 Å². The SMILES string of the molecule is COc1ccc(N=Cc2ccc(N=[N+]=[N-])cc2)cc1. The van der Waals surface area contributed by atoms with Gasteiger partial charge in [0.15, 0.2) is 0 Å². The third-order valence-corrected chi connectivity index (χ3v) is 2.49. The number of ether oxygens (including phenoxy) is 1. The summed E-state index contributed by atoms with van der Waals surface area (Å²) in [7, 11) is 1.63. The Morgan fingerprint density at radius 3 is 2.21 bits per heavy atom. The summed E-state index contributed by atoms with van der Waals surface area (Å²) in [6.45, 7) is 0. The maximum atomic E-state index is 8.31. The summed E-state index contributed by atoms with van der Waals surface area (Å²) in [5, 5.41) is 3.51. The van der Waals surface area contributed by atoms with Gasteiger partial charge in [-0.3, -0.25) is 4.99 Å². The van der Waals surface area contributed by atoms with Gasteiger partial charge < -0.3 is 4.74 Å². The quantitative estimate of drug-likeness (QED) is 0.344. The lowest BCUT2D eigenvalue weighted by molar-refractivity contribution is 0.415. The molecule has 0 bridgehead atoms. The second kappa shape index (κ2) is 6.23. The predicted octanol–water partition coefficient (Wildman–Crippen LogP) is 4.39. The number of hydrogen-bond donors (Lipinski definition) is 0. The molecule has 0 saturated heterocycles. The van der Waals surface area contributed by atoms with Gasteiger partial charge in [0.2, 0.25) is 0 Å². The normalized spacial score (nSPS) is 10.2. The average molecular weight is 252 g/mol. The highest BCUT2D eigenvalue weighted by molar-refractivity contribution is 5.82. The van der Waals surface area contributed by atoms with Crippen molar-refractivity contribution in [3.05, 3.63) is 64.5 Å². The van der Waals surface area contributed by atoms with Crippen LogP contribution in [0.15, 0.2) is 58.6 Å². The Kier molecular flexibility index (Phi) is 4.16. The summed E-state index contributed by atoms with van der Waals surface area (Å²) < 4.78 is 5.08. The fraction of sp³-hybridized carbons (Fsp3) is 0.0714. The van der Waals surface area contributed by atoms with E-state index in [1.54, 1.807) is 25.5 Å². The molecule has 5 nitrogen and oxygen atoms in total. The highest BCUT2D eigenvalue weighted by Gasteiger charge is 1.92. The van der Waals surface area contributed by atoms with E-state index in [9.17, 15) is 0 Å². The lowest BCUT2D eigenvalue weighted by Crippen LogP contribution is -1.81. The third kappa shape index (κ3) is 3.59. The fourth-order valence-electron chi connectivity index (χ4n) is 1.50. The van der Waals surface area contributed by atoms with E-state index in [4.69, 9.17) is 10.3 Å². The smallest absolute Gasteiger partial charge is 0.119 e. The molecule has 0 aliphatic carbocycles. The minimum atomic E-state index is 0.587. The average Bonchev–Trinajstić information content (AvgIpc) is 2.47. The number of azide groups is 1. The lowest BCUT2D eigenvalue weighted by Gasteiger charge is -1.99. The van der Waals surface area contributed by atoms with Crippen LogP contribution in [-0.4, -0.2) is 13.3 Å². The maximum absolute atomic E-state index is 8.31. The van der Waals surface area contributed by atoms with Gasteiger partial charge in [-0.25, -0.2) is 0 Å². The highest BCUT2D eigenvalue weighted by atomic mass is 16.5. The maximum Gasteiger partial charge on any atom is 0.119 e. The van der Waals surface area contributed by atoms with Crippen LogP contribution in [0.2, 0.25) is 0 Å². The number of benzene rings is 2. The first kappa shape index (κ1) is 12.7. The summed E-state index contributed by atoms with van der Waals surface area (Å²) in [5.74, 6) is 0.803. The van der Waals surface area contributed by atoms with Gasteiger partial charge in [0, 0.05) is 16.8 Å². The van der Waals surface area contributed by atoms with Crippen molar-refractivity contribution in [2.24, 2.45) is 10.1 Å². The standard InChI is InChI=1S/C14H12N4O/c1-19-14-8-6-12(7-9-14)16-10-11-2-4-13(5-3-11)17-18-15/h2-10H,1H3. The van der Waals surface area contributed by atoms with Crippen LogP contribution in [0, 0.1) is 0 Å². The first-order valence-corrected chi connectivity index (χ1v) is 5.65. The number of methoxy groups -OCH3 is 1. The van der Waals surface area contributed by atoms with E-state index >= 15 is 0 Å². The van der Waals surface area contributed by atoms with E-state index in [1.807, 2.05) is 36.4 Å². The topological polar surface area (TPSA) is 70.4 Å². The zero-order valence-electron chi connectivity index (χ0n) is 10.4. The van der Waals surface area contributed by atoms with E-state index < -0.39 is 0 Å². The van der Waals surface area contributed by atoms with Crippen LogP contribution < -0.4 is 4.74 Å². The molecule has 0 heterocycles. The molecule has 0 amide bonds. The molecule has 19 heavy (non-hydrogen) atoms. The Morgan fingerprint density at radius 2 is 1.63 bits per heavy atom. The summed E-state index contributed by atoms with van der Waals surface area (Å²) in [5.41, 5.74) is 10.7. The van der Waals surface area contributed by atoms with E-state index in [1.165, 1.54) is 0 Å². The second-order valence-electron chi connectivity index (χ2n) is 3.74. The molecule has 5 heteroatoms. The van der Waals surface area contributed by atoms with Crippen molar-refractivity contribution in [1.29, 1.82) is 0 Å². The molecule has 0 spiro atoms. The molecule has 0 aromatic heterocycles. The first-order valence-electron chi connectivity index (χ1n) is 5.65. The molecule has 0 aliphatic rings. The van der Waals surface area contributed by atoms with Crippen molar-refractivity contribution in [2.75, 3.05) is 7.11 Å². The minimum Gasteiger partial charge on any atom is -0.497 e. The molecule has 0 unspecified atom stereocenters. The molecule has 0 fully saturated rings. The molecular weight excluding hydrogens is 240 g/mol. The summed E-state index contributed by atoms with van der Waals surface area (Å²) in [6.07, 6.45) is 1.75. The summed E-state index contributed by atoms with van der Waals surface area (Å²) in [6, 6.07) is 14.7. The second-order valence-corrected chi connectivity index (χ2v) is 3.74. The Labute approximate surface area is 110 Å². The van der Waals surface area contributed by atoms with Crippen molar-refractivity contribution < 1.29 is 4.74 Å². The zero-order valence-corrected chi connectivity index (χ0v) is 10.4. The molecule has 0 radical (unpaired) electrons. The minimum absolute atomic E-state index is 0.587. The third-order valence-electron chi connectivity index (χ3n) is 2.49. The van der Waals surface area contributed by atoms with E-state index in [0.717, 1.165) is 17.0 Å². The van der Waals surface area contributed by atoms with Gasteiger partial charge in [-0.05, 0) is 35.4 Å². The first-order chi connectivity index (χ1) is 9.31. The van der Waals surface area contributed by atoms with Gasteiger partial charge in [0.05, 0.1) is 12.8 Å². The van der Waals surface area contributed by atoms with Crippen LogP contribution in [0.25, 0.3) is 10.4 Å². The molecular formula is C14H12N4O.